The number of hydrogen-bond donors (Lipinski definition) is 1. The van der Waals surface area contributed by atoms with Crippen LogP contribution in [0.5, 0.6) is 0 Å². The van der Waals surface area contributed by atoms with Crippen molar-refractivity contribution in [1.82, 2.24) is 13.9 Å². The summed E-state index contributed by atoms with van der Waals surface area (Å²) in [5.74, 6) is -0.415. The summed E-state index contributed by atoms with van der Waals surface area (Å²) in [7, 11) is -0.788. The second-order valence-corrected chi connectivity index (χ2v) is 7.48. The van der Waals surface area contributed by atoms with E-state index in [1.807, 2.05) is 0 Å². The lowest BCUT2D eigenvalue weighted by Gasteiger charge is -2.35. The Bertz CT molecular complexity index is 431. The highest BCUT2D eigenvalue weighted by atomic mass is 32.2. The predicted molar refractivity (Wildman–Crippen MR) is 81.0 cm³/mol. The zero-order valence-electron chi connectivity index (χ0n) is 13.3. The van der Waals surface area contributed by atoms with Gasteiger partial charge in [0, 0.05) is 25.7 Å². The van der Waals surface area contributed by atoms with E-state index in [1.54, 1.807) is 0 Å². The van der Waals surface area contributed by atoms with Crippen molar-refractivity contribution in [2.24, 2.45) is 0 Å². The van der Waals surface area contributed by atoms with Crippen LogP contribution in [0.4, 0.5) is 0 Å². The van der Waals surface area contributed by atoms with Crippen molar-refractivity contribution in [1.29, 1.82) is 0 Å². The van der Waals surface area contributed by atoms with Crippen molar-refractivity contribution >= 4 is 16.2 Å². The zero-order chi connectivity index (χ0) is 16.0. The number of nitrogens with one attached hydrogen (secondary N) is 1. The van der Waals surface area contributed by atoms with Gasteiger partial charge in [0.2, 0.25) is 0 Å². The van der Waals surface area contributed by atoms with Crippen LogP contribution < -0.4 is 4.72 Å². The first-order valence-corrected chi connectivity index (χ1v) is 8.74. The van der Waals surface area contributed by atoms with Gasteiger partial charge >= 0.3 is 5.97 Å². The molecule has 1 fully saturated rings. The Kier molecular flexibility index (Phi) is 7.05. The van der Waals surface area contributed by atoms with Crippen LogP contribution in [-0.2, 0) is 19.7 Å². The van der Waals surface area contributed by atoms with E-state index >= 15 is 0 Å². The van der Waals surface area contributed by atoms with Gasteiger partial charge < -0.3 is 9.64 Å². The maximum absolute atomic E-state index is 12.2. The Morgan fingerprint density at radius 2 is 1.95 bits per heavy atom. The fourth-order valence-corrected chi connectivity index (χ4v) is 3.47. The maximum Gasteiger partial charge on any atom is 0.306 e. The van der Waals surface area contributed by atoms with Crippen molar-refractivity contribution in [3.63, 3.8) is 0 Å². The predicted octanol–water partition coefficient (Wildman–Crippen LogP) is 0.189. The Labute approximate surface area is 127 Å². The Morgan fingerprint density at radius 1 is 1.38 bits per heavy atom. The highest BCUT2D eigenvalue weighted by Gasteiger charge is 2.26. The lowest BCUT2D eigenvalue weighted by Crippen LogP contribution is -2.50. The first-order chi connectivity index (χ1) is 9.76. The number of rotatable bonds is 7. The van der Waals surface area contributed by atoms with Crippen LogP contribution in [-0.4, -0.2) is 69.5 Å². The van der Waals surface area contributed by atoms with Crippen molar-refractivity contribution in [2.45, 2.75) is 45.2 Å². The molecule has 0 spiro atoms. The monoisotopic (exact) mass is 321 g/mol. The summed E-state index contributed by atoms with van der Waals surface area (Å²) in [4.78, 5) is 13.4. The second kappa shape index (κ2) is 8.07. The van der Waals surface area contributed by atoms with Gasteiger partial charge in [-0.1, -0.05) is 0 Å². The molecule has 21 heavy (non-hydrogen) atoms. The molecule has 1 rings (SSSR count). The fourth-order valence-electron chi connectivity index (χ4n) is 2.31. The van der Waals surface area contributed by atoms with Gasteiger partial charge in [0.25, 0.3) is 10.2 Å². The summed E-state index contributed by atoms with van der Waals surface area (Å²) in [6, 6.07) is 0.455. The van der Waals surface area contributed by atoms with Gasteiger partial charge in [0.15, 0.2) is 0 Å². The number of nitrogens with zero attached hydrogens (tertiary/aromatic N) is 2. The molecule has 8 heteroatoms. The maximum atomic E-state index is 12.2. The molecule has 0 unspecified atom stereocenters. The van der Waals surface area contributed by atoms with Crippen molar-refractivity contribution in [3.8, 4) is 0 Å². The second-order valence-electron chi connectivity index (χ2n) is 5.67. The molecule has 0 radical (unpaired) electrons. The van der Waals surface area contributed by atoms with E-state index in [9.17, 15) is 13.2 Å². The van der Waals surface area contributed by atoms with E-state index in [0.29, 0.717) is 6.04 Å². The number of ether oxygens (including phenoxy) is 1. The highest BCUT2D eigenvalue weighted by molar-refractivity contribution is 7.87. The average molecular weight is 321 g/mol. The third-order valence-corrected chi connectivity index (χ3v) is 5.48. The summed E-state index contributed by atoms with van der Waals surface area (Å²) in [6.45, 7) is 6.20. The number of likely N-dealkylation sites (tertiary alicyclic amines) is 1. The Morgan fingerprint density at radius 3 is 2.43 bits per heavy atom. The smallest absolute Gasteiger partial charge is 0.306 e. The minimum Gasteiger partial charge on any atom is -0.469 e. The number of hydrogen-bond acceptors (Lipinski definition) is 5. The number of esters is 1. The summed E-state index contributed by atoms with van der Waals surface area (Å²) in [5, 5.41) is 0. The molecule has 1 N–H and O–H groups in total. The molecule has 124 valence electrons. The Hall–Kier alpha value is -0.700. The van der Waals surface area contributed by atoms with E-state index in [0.717, 1.165) is 25.9 Å². The zero-order valence-corrected chi connectivity index (χ0v) is 14.1. The molecule has 0 aromatic heterocycles. The third-order valence-electron chi connectivity index (χ3n) is 3.84. The third kappa shape index (κ3) is 5.90. The van der Waals surface area contributed by atoms with Gasteiger partial charge in [0.05, 0.1) is 13.5 Å². The van der Waals surface area contributed by atoms with E-state index < -0.39 is 16.2 Å². The van der Waals surface area contributed by atoms with Crippen LogP contribution in [0.3, 0.4) is 0 Å². The van der Waals surface area contributed by atoms with Crippen LogP contribution in [0.1, 0.15) is 33.1 Å². The molecule has 0 aromatic rings. The lowest BCUT2D eigenvalue weighted by molar-refractivity contribution is -0.140. The van der Waals surface area contributed by atoms with Crippen LogP contribution in [0.25, 0.3) is 0 Å². The van der Waals surface area contributed by atoms with Crippen molar-refractivity contribution in [2.75, 3.05) is 33.8 Å². The fraction of sp³-hybridized carbons (Fsp3) is 0.923. The lowest BCUT2D eigenvalue weighted by atomic mass is 10.1. The van der Waals surface area contributed by atoms with Gasteiger partial charge in [0.1, 0.15) is 0 Å². The Balaban J connectivity index is 2.44. The van der Waals surface area contributed by atoms with Crippen LogP contribution in [0.15, 0.2) is 0 Å². The minimum atomic E-state index is -3.54. The number of piperidine rings is 1. The average Bonchev–Trinajstić information content (AvgIpc) is 2.44. The van der Waals surface area contributed by atoms with Crippen molar-refractivity contribution in [3.05, 3.63) is 0 Å². The van der Waals surface area contributed by atoms with Crippen LogP contribution in [0.2, 0.25) is 0 Å². The molecular weight excluding hydrogens is 294 g/mol. The molecule has 0 saturated carbocycles. The summed E-state index contributed by atoms with van der Waals surface area (Å²) < 4.78 is 32.7. The van der Waals surface area contributed by atoms with E-state index in [1.165, 1.54) is 18.5 Å². The van der Waals surface area contributed by atoms with Gasteiger partial charge in [-0.15, -0.1) is 0 Å². The molecule has 0 atom stereocenters. The van der Waals surface area contributed by atoms with E-state index in [-0.39, 0.29) is 19.0 Å². The van der Waals surface area contributed by atoms with Gasteiger partial charge in [-0.25, -0.2) is 0 Å². The molecular formula is C13H27N3O4S. The molecule has 1 heterocycles. The molecule has 0 bridgehead atoms. The molecule has 0 amide bonds. The van der Waals surface area contributed by atoms with E-state index in [4.69, 9.17) is 0 Å². The van der Waals surface area contributed by atoms with Gasteiger partial charge in [-0.05, 0) is 39.8 Å². The molecule has 0 aliphatic carbocycles. The first kappa shape index (κ1) is 18.3. The molecule has 1 saturated heterocycles. The standard InChI is InChI=1S/C13H27N3O4S/c1-11(2)16-9-5-12(6-10-16)14-21(18,19)15(3)8-7-13(17)20-4/h11-12,14H,5-10H2,1-4H3. The normalized spacial score (nSPS) is 18.4. The number of carbonyl (C=O) groups excluding carboxylic acids is 1. The number of methoxy groups -OCH3 is 1. The van der Waals surface area contributed by atoms with Crippen molar-refractivity contribution < 1.29 is 17.9 Å². The molecule has 1 aliphatic heterocycles. The quantitative estimate of drug-likeness (QED) is 0.677. The van der Waals surface area contributed by atoms with Gasteiger partial charge in [-0.2, -0.15) is 17.4 Å². The van der Waals surface area contributed by atoms with E-state index in [2.05, 4.69) is 28.2 Å². The number of carbonyl (C=O) groups is 1. The highest BCUT2D eigenvalue weighted by Crippen LogP contribution is 2.14. The van der Waals surface area contributed by atoms with Gasteiger partial charge in [-0.3, -0.25) is 4.79 Å². The van der Waals surface area contributed by atoms with Crippen LogP contribution in [0, 0.1) is 0 Å². The summed E-state index contributed by atoms with van der Waals surface area (Å²) in [5.41, 5.74) is 0. The summed E-state index contributed by atoms with van der Waals surface area (Å²) >= 11 is 0. The minimum absolute atomic E-state index is 0.0365. The van der Waals surface area contributed by atoms with Crippen LogP contribution >= 0.6 is 0 Å². The first-order valence-electron chi connectivity index (χ1n) is 7.30. The topological polar surface area (TPSA) is 78.9 Å². The molecule has 7 nitrogen and oxygen atoms in total. The SMILES string of the molecule is COC(=O)CCN(C)S(=O)(=O)NC1CCN(C(C)C)CC1. The summed E-state index contributed by atoms with van der Waals surface area (Å²) in [6.07, 6.45) is 1.67. The molecule has 0 aromatic carbocycles. The largest absolute Gasteiger partial charge is 0.469 e. The molecule has 1 aliphatic rings.